The van der Waals surface area contributed by atoms with Gasteiger partial charge in [0, 0.05) is 17.8 Å². The second-order valence-electron chi connectivity index (χ2n) is 3.20. The molecule has 1 rings (SSSR count). The van der Waals surface area contributed by atoms with Crippen LogP contribution in [0.1, 0.15) is 10.4 Å². The van der Waals surface area contributed by atoms with Gasteiger partial charge in [0.15, 0.2) is 5.75 Å². The Bertz CT molecular complexity index is 513. The van der Waals surface area contributed by atoms with E-state index < -0.39 is 39.6 Å². The number of nitrogen functional groups attached to an aromatic ring is 1. The Labute approximate surface area is 98.3 Å². The average molecular weight is 264 g/mol. The molecule has 0 aliphatic carbocycles. The molecule has 0 aromatic heterocycles. The summed E-state index contributed by atoms with van der Waals surface area (Å²) >= 11 is 0. The third-order valence-electron chi connectivity index (χ3n) is 2.05. The number of carbonyl (C=O) groups excluding carboxylic acids is 1. The Morgan fingerprint density at radius 1 is 1.44 bits per heavy atom. The van der Waals surface area contributed by atoms with Crippen LogP contribution in [-0.4, -0.2) is 24.0 Å². The monoisotopic (exact) mass is 264 g/mol. The van der Waals surface area contributed by atoms with Gasteiger partial charge in [0.2, 0.25) is 0 Å². The van der Waals surface area contributed by atoms with Gasteiger partial charge in [0.05, 0.1) is 17.6 Å². The van der Waals surface area contributed by atoms with Crippen molar-refractivity contribution in [2.45, 2.75) is 6.18 Å². The van der Waals surface area contributed by atoms with Gasteiger partial charge in [-0.15, -0.1) is 0 Å². The highest BCUT2D eigenvalue weighted by atomic mass is 19.4. The number of nitro benzene ring substituents is 1. The second-order valence-corrected chi connectivity index (χ2v) is 3.20. The van der Waals surface area contributed by atoms with Crippen LogP contribution < -0.4 is 10.5 Å². The molecule has 0 spiro atoms. The van der Waals surface area contributed by atoms with Gasteiger partial charge in [0.25, 0.3) is 5.78 Å². The molecular weight excluding hydrogens is 257 g/mol. The zero-order chi connectivity index (χ0) is 14.1. The van der Waals surface area contributed by atoms with Crippen LogP contribution in [0.25, 0.3) is 0 Å². The first-order chi connectivity index (χ1) is 8.18. The molecule has 0 saturated carbocycles. The Balaban J connectivity index is 3.41. The lowest BCUT2D eigenvalue weighted by Crippen LogP contribution is -2.24. The minimum absolute atomic E-state index is 0.471. The fourth-order valence-electron chi connectivity index (χ4n) is 1.24. The summed E-state index contributed by atoms with van der Waals surface area (Å²) in [5.74, 6) is -2.66. The van der Waals surface area contributed by atoms with E-state index in [1.54, 1.807) is 0 Å². The Morgan fingerprint density at radius 3 is 2.39 bits per heavy atom. The predicted molar refractivity (Wildman–Crippen MR) is 54.4 cm³/mol. The van der Waals surface area contributed by atoms with Crippen molar-refractivity contribution in [3.8, 4) is 5.75 Å². The highest BCUT2D eigenvalue weighted by Gasteiger charge is 2.41. The minimum atomic E-state index is -5.12. The summed E-state index contributed by atoms with van der Waals surface area (Å²) in [6.45, 7) is 0. The van der Waals surface area contributed by atoms with Crippen LogP contribution in [0.4, 0.5) is 24.5 Å². The number of halogens is 3. The molecule has 0 bridgehead atoms. The molecule has 9 heteroatoms. The third-order valence-corrected chi connectivity index (χ3v) is 2.05. The van der Waals surface area contributed by atoms with Crippen LogP contribution in [0, 0.1) is 10.1 Å². The number of carbonyl (C=O) groups is 1. The number of nitrogens with two attached hydrogens (primary N) is 1. The van der Waals surface area contributed by atoms with Gasteiger partial charge in [-0.1, -0.05) is 0 Å². The Hall–Kier alpha value is -2.32. The summed E-state index contributed by atoms with van der Waals surface area (Å²) in [4.78, 5) is 20.7. The molecule has 0 saturated heterocycles. The van der Waals surface area contributed by atoms with Crippen molar-refractivity contribution in [1.82, 2.24) is 0 Å². The molecule has 1 aromatic carbocycles. The van der Waals surface area contributed by atoms with Gasteiger partial charge in [-0.3, -0.25) is 14.9 Å². The summed E-state index contributed by atoms with van der Waals surface area (Å²) < 4.78 is 41.2. The lowest BCUT2D eigenvalue weighted by atomic mass is 10.1. The first kappa shape index (κ1) is 13.7. The van der Waals surface area contributed by atoms with Crippen LogP contribution in [0.2, 0.25) is 0 Å². The summed E-state index contributed by atoms with van der Waals surface area (Å²) in [5, 5.41) is 10.6. The highest BCUT2D eigenvalue weighted by Crippen LogP contribution is 2.34. The molecule has 0 amide bonds. The van der Waals surface area contributed by atoms with Crippen molar-refractivity contribution in [2.75, 3.05) is 12.8 Å². The number of anilines is 1. The van der Waals surface area contributed by atoms with Gasteiger partial charge >= 0.3 is 11.9 Å². The number of ether oxygens (including phenoxy) is 1. The summed E-state index contributed by atoms with van der Waals surface area (Å²) in [5.41, 5.74) is 3.06. The zero-order valence-electron chi connectivity index (χ0n) is 8.95. The molecule has 1 aromatic rings. The fourth-order valence-corrected chi connectivity index (χ4v) is 1.24. The molecule has 0 heterocycles. The number of hydrogen-bond donors (Lipinski definition) is 1. The number of ketones is 1. The van der Waals surface area contributed by atoms with Crippen molar-refractivity contribution in [3.05, 3.63) is 27.8 Å². The van der Waals surface area contributed by atoms with Gasteiger partial charge < -0.3 is 10.5 Å². The van der Waals surface area contributed by atoms with Gasteiger partial charge in [0.1, 0.15) is 0 Å². The maximum atomic E-state index is 12.2. The normalized spacial score (nSPS) is 11.1. The number of nitro groups is 1. The first-order valence-corrected chi connectivity index (χ1v) is 4.42. The van der Waals surface area contributed by atoms with Gasteiger partial charge in [-0.2, -0.15) is 13.2 Å². The standard InChI is InChI=1S/C9H7F3N2O4/c1-18-7-2-4(8(15)9(10,11)12)5(13)3-6(7)14(16)17/h2-3H,13H2,1H3. The topological polar surface area (TPSA) is 95.5 Å². The quantitative estimate of drug-likeness (QED) is 0.389. The molecule has 98 valence electrons. The van der Waals surface area contributed by atoms with Gasteiger partial charge in [-0.25, -0.2) is 0 Å². The molecule has 0 aliphatic heterocycles. The first-order valence-electron chi connectivity index (χ1n) is 4.42. The average Bonchev–Trinajstić information content (AvgIpc) is 2.26. The van der Waals surface area contributed by atoms with E-state index >= 15 is 0 Å². The number of alkyl halides is 3. The molecule has 18 heavy (non-hydrogen) atoms. The number of Topliss-reactive ketones (excluding diaryl/α,β-unsaturated/α-hetero) is 1. The van der Waals surface area contributed by atoms with Gasteiger partial charge in [-0.05, 0) is 0 Å². The fraction of sp³-hybridized carbons (Fsp3) is 0.222. The van der Waals surface area contributed by atoms with E-state index in [4.69, 9.17) is 5.73 Å². The van der Waals surface area contributed by atoms with Crippen molar-refractivity contribution < 1.29 is 27.6 Å². The summed E-state index contributed by atoms with van der Waals surface area (Å²) in [6.07, 6.45) is -5.12. The highest BCUT2D eigenvalue weighted by molar-refractivity contribution is 6.05. The summed E-state index contributed by atoms with van der Waals surface area (Å²) in [6, 6.07) is 1.25. The van der Waals surface area contributed by atoms with Crippen molar-refractivity contribution in [1.29, 1.82) is 0 Å². The van der Waals surface area contributed by atoms with E-state index in [1.165, 1.54) is 0 Å². The molecule has 2 N–H and O–H groups in total. The van der Waals surface area contributed by atoms with E-state index in [0.29, 0.717) is 12.1 Å². The smallest absolute Gasteiger partial charge is 0.454 e. The molecule has 0 atom stereocenters. The van der Waals surface area contributed by atoms with E-state index in [9.17, 15) is 28.1 Å². The summed E-state index contributed by atoms with van der Waals surface area (Å²) in [7, 11) is 1.03. The van der Waals surface area contributed by atoms with Crippen molar-refractivity contribution in [2.24, 2.45) is 0 Å². The predicted octanol–water partition coefficient (Wildman–Crippen LogP) is 1.93. The number of rotatable bonds is 3. The maximum absolute atomic E-state index is 12.2. The molecule has 6 nitrogen and oxygen atoms in total. The zero-order valence-corrected chi connectivity index (χ0v) is 8.95. The minimum Gasteiger partial charge on any atom is -0.490 e. The molecule has 0 radical (unpaired) electrons. The lowest BCUT2D eigenvalue weighted by Gasteiger charge is -2.09. The molecular formula is C9H7F3N2O4. The van der Waals surface area contributed by atoms with Crippen LogP contribution >= 0.6 is 0 Å². The molecule has 0 unspecified atom stereocenters. The lowest BCUT2D eigenvalue weighted by molar-refractivity contribution is -0.385. The number of benzene rings is 1. The van der Waals surface area contributed by atoms with Crippen LogP contribution in [0.15, 0.2) is 12.1 Å². The van der Waals surface area contributed by atoms with E-state index in [0.717, 1.165) is 7.11 Å². The maximum Gasteiger partial charge on any atom is 0.454 e. The van der Waals surface area contributed by atoms with E-state index in [1.807, 2.05) is 0 Å². The van der Waals surface area contributed by atoms with Crippen LogP contribution in [0.3, 0.4) is 0 Å². The molecule has 0 fully saturated rings. The number of methoxy groups -OCH3 is 1. The third kappa shape index (κ3) is 2.50. The van der Waals surface area contributed by atoms with Crippen LogP contribution in [-0.2, 0) is 0 Å². The Kier molecular flexibility index (Phi) is 3.44. The van der Waals surface area contributed by atoms with Crippen LogP contribution in [0.5, 0.6) is 5.75 Å². The second kappa shape index (κ2) is 4.51. The van der Waals surface area contributed by atoms with Crippen molar-refractivity contribution in [3.63, 3.8) is 0 Å². The van der Waals surface area contributed by atoms with E-state index in [-0.39, 0.29) is 0 Å². The Morgan fingerprint density at radius 2 is 2.00 bits per heavy atom. The number of hydrogen-bond acceptors (Lipinski definition) is 5. The SMILES string of the molecule is COc1cc(C(=O)C(F)(F)F)c(N)cc1[N+](=O)[O-]. The van der Waals surface area contributed by atoms with E-state index in [2.05, 4.69) is 4.74 Å². The number of nitrogens with zero attached hydrogens (tertiary/aromatic N) is 1. The largest absolute Gasteiger partial charge is 0.490 e. The van der Waals surface area contributed by atoms with Crippen molar-refractivity contribution >= 4 is 17.2 Å². The molecule has 0 aliphatic rings.